The maximum atomic E-state index is 13.0. The van der Waals surface area contributed by atoms with Crippen LogP contribution in [-0.2, 0) is 15.1 Å². The van der Waals surface area contributed by atoms with Gasteiger partial charge in [-0.2, -0.15) is 0 Å². The molecular weight excluding hydrogens is 462 g/mol. The molecule has 0 bridgehead atoms. The van der Waals surface area contributed by atoms with Crippen molar-refractivity contribution < 1.29 is 24.5 Å². The molecule has 0 saturated carbocycles. The zero-order valence-corrected chi connectivity index (χ0v) is 19.9. The Hall–Kier alpha value is -2.38. The summed E-state index contributed by atoms with van der Waals surface area (Å²) in [6.07, 6.45) is -0.941. The van der Waals surface area contributed by atoms with Crippen LogP contribution in [0.5, 0.6) is 0 Å². The van der Waals surface area contributed by atoms with Crippen LogP contribution >= 0.6 is 15.9 Å². The maximum absolute atomic E-state index is 13.0. The van der Waals surface area contributed by atoms with Crippen LogP contribution in [0.4, 0.5) is 4.79 Å². The van der Waals surface area contributed by atoms with E-state index in [9.17, 15) is 19.8 Å². The van der Waals surface area contributed by atoms with Gasteiger partial charge in [-0.25, -0.2) is 4.79 Å². The Morgan fingerprint density at radius 3 is 2.16 bits per heavy atom. The van der Waals surface area contributed by atoms with Crippen molar-refractivity contribution in [2.75, 3.05) is 6.54 Å². The molecule has 168 valence electrons. The number of carbonyl (C=O) groups excluding carboxylic acids is 1. The summed E-state index contributed by atoms with van der Waals surface area (Å²) in [5, 5.41) is 20.6. The van der Waals surface area contributed by atoms with Crippen LogP contribution in [-0.4, -0.2) is 39.3 Å². The van der Waals surface area contributed by atoms with Gasteiger partial charge in [-0.3, -0.25) is 4.79 Å². The number of benzene rings is 2. The van der Waals surface area contributed by atoms with Gasteiger partial charge in [0.05, 0.1) is 12.5 Å². The molecule has 31 heavy (non-hydrogen) atoms. The van der Waals surface area contributed by atoms with Gasteiger partial charge in [0.25, 0.3) is 0 Å². The van der Waals surface area contributed by atoms with Gasteiger partial charge >= 0.3 is 12.1 Å². The third-order valence-electron chi connectivity index (χ3n) is 4.97. The van der Waals surface area contributed by atoms with Crippen LogP contribution in [0.15, 0.2) is 59.1 Å². The van der Waals surface area contributed by atoms with Gasteiger partial charge in [0.15, 0.2) is 0 Å². The van der Waals surface area contributed by atoms with Gasteiger partial charge < -0.3 is 19.8 Å². The van der Waals surface area contributed by atoms with E-state index in [4.69, 9.17) is 4.74 Å². The predicted octanol–water partition coefficient (Wildman–Crippen LogP) is 5.50. The summed E-state index contributed by atoms with van der Waals surface area (Å²) in [6.45, 7) is 7.37. The maximum Gasteiger partial charge on any atom is 0.410 e. The number of hydrogen-bond donors (Lipinski definition) is 2. The highest BCUT2D eigenvalue weighted by atomic mass is 79.9. The fourth-order valence-electron chi connectivity index (χ4n) is 3.32. The lowest BCUT2D eigenvalue weighted by molar-refractivity contribution is -0.143. The SMILES string of the molecule is C[C@@H](c1ccc(Br)cc1)N(CCC(O)(CC(=O)O)c1ccccc1)C(=O)OC(C)(C)C. The highest BCUT2D eigenvalue weighted by Gasteiger charge is 2.35. The van der Waals surface area contributed by atoms with Gasteiger partial charge in [-0.15, -0.1) is 0 Å². The van der Waals surface area contributed by atoms with E-state index in [-0.39, 0.29) is 19.0 Å². The van der Waals surface area contributed by atoms with Crippen molar-refractivity contribution in [2.24, 2.45) is 0 Å². The Balaban J connectivity index is 2.33. The summed E-state index contributed by atoms with van der Waals surface area (Å²) in [4.78, 5) is 26.0. The second kappa shape index (κ2) is 10.3. The van der Waals surface area contributed by atoms with Gasteiger partial charge in [0, 0.05) is 11.0 Å². The lowest BCUT2D eigenvalue weighted by Gasteiger charge is -2.35. The van der Waals surface area contributed by atoms with Gasteiger partial charge in [-0.05, 0) is 57.4 Å². The molecule has 0 radical (unpaired) electrons. The van der Waals surface area contributed by atoms with Crippen LogP contribution < -0.4 is 0 Å². The lowest BCUT2D eigenvalue weighted by atomic mass is 9.87. The largest absolute Gasteiger partial charge is 0.481 e. The minimum Gasteiger partial charge on any atom is -0.481 e. The molecule has 0 aromatic heterocycles. The predicted molar refractivity (Wildman–Crippen MR) is 123 cm³/mol. The first kappa shape index (κ1) is 24.9. The molecule has 2 rings (SSSR count). The Labute approximate surface area is 192 Å². The smallest absolute Gasteiger partial charge is 0.410 e. The molecule has 0 aliphatic rings. The van der Waals surface area contributed by atoms with Crippen molar-refractivity contribution in [3.63, 3.8) is 0 Å². The first-order chi connectivity index (χ1) is 14.4. The normalized spacial score (nSPS) is 14.4. The number of rotatable bonds is 8. The van der Waals surface area contributed by atoms with E-state index in [0.717, 1.165) is 10.0 Å². The van der Waals surface area contributed by atoms with Crippen molar-refractivity contribution in [1.29, 1.82) is 0 Å². The summed E-state index contributed by atoms with van der Waals surface area (Å²) >= 11 is 3.41. The Bertz CT molecular complexity index is 879. The van der Waals surface area contributed by atoms with E-state index in [1.807, 2.05) is 31.2 Å². The molecule has 1 amide bonds. The van der Waals surface area contributed by atoms with E-state index in [0.29, 0.717) is 5.56 Å². The molecule has 0 saturated heterocycles. The average molecular weight is 492 g/mol. The Morgan fingerprint density at radius 2 is 1.65 bits per heavy atom. The topological polar surface area (TPSA) is 87.1 Å². The minimum absolute atomic E-state index is 0.0451. The number of carboxylic acids is 1. The number of aliphatic hydroxyl groups is 1. The van der Waals surface area contributed by atoms with Crippen LogP contribution in [0.2, 0.25) is 0 Å². The van der Waals surface area contributed by atoms with Gasteiger partial charge in [-0.1, -0.05) is 58.4 Å². The van der Waals surface area contributed by atoms with Crippen molar-refractivity contribution in [2.45, 2.75) is 57.8 Å². The quantitative estimate of drug-likeness (QED) is 0.508. The number of aliphatic carboxylic acids is 1. The number of amides is 1. The number of halogens is 1. The molecule has 7 heteroatoms. The monoisotopic (exact) mass is 491 g/mol. The molecule has 0 aliphatic carbocycles. The van der Waals surface area contributed by atoms with E-state index < -0.39 is 29.7 Å². The van der Waals surface area contributed by atoms with Crippen molar-refractivity contribution >= 4 is 28.0 Å². The zero-order valence-electron chi connectivity index (χ0n) is 18.3. The average Bonchev–Trinajstić information content (AvgIpc) is 2.67. The number of hydrogen-bond acceptors (Lipinski definition) is 4. The van der Waals surface area contributed by atoms with Crippen molar-refractivity contribution in [3.05, 3.63) is 70.2 Å². The van der Waals surface area contributed by atoms with Crippen LogP contribution in [0, 0.1) is 0 Å². The molecule has 0 heterocycles. The lowest BCUT2D eigenvalue weighted by Crippen LogP contribution is -2.42. The van der Waals surface area contributed by atoms with Crippen LogP contribution in [0.3, 0.4) is 0 Å². The molecule has 0 spiro atoms. The van der Waals surface area contributed by atoms with Crippen LogP contribution in [0.1, 0.15) is 57.7 Å². The number of ether oxygens (including phenoxy) is 1. The first-order valence-electron chi connectivity index (χ1n) is 10.2. The molecule has 2 atom stereocenters. The van der Waals surface area contributed by atoms with E-state index in [1.54, 1.807) is 51.1 Å². The highest BCUT2D eigenvalue weighted by Crippen LogP contribution is 2.32. The fraction of sp³-hybridized carbons (Fsp3) is 0.417. The van der Waals surface area contributed by atoms with E-state index in [2.05, 4.69) is 15.9 Å². The number of carboxylic acid groups (broad SMARTS) is 1. The van der Waals surface area contributed by atoms with Gasteiger partial charge in [0.1, 0.15) is 11.2 Å². The molecule has 1 unspecified atom stereocenters. The second-order valence-electron chi connectivity index (χ2n) is 8.62. The standard InChI is InChI=1S/C24H30BrNO5/c1-17(18-10-12-20(25)13-11-18)26(22(29)31-23(2,3)4)15-14-24(30,16-21(27)28)19-8-6-5-7-9-19/h5-13,17,30H,14-16H2,1-4H3,(H,27,28)/t17-,24?/m0/s1. The van der Waals surface area contributed by atoms with E-state index >= 15 is 0 Å². The molecular formula is C24H30BrNO5. The van der Waals surface area contributed by atoms with Crippen molar-refractivity contribution in [3.8, 4) is 0 Å². The van der Waals surface area contributed by atoms with Gasteiger partial charge in [0.2, 0.25) is 0 Å². The Kier molecular flexibility index (Phi) is 8.26. The Morgan fingerprint density at radius 1 is 1.06 bits per heavy atom. The molecule has 6 nitrogen and oxygen atoms in total. The molecule has 2 aromatic rings. The first-order valence-corrected chi connectivity index (χ1v) is 11.0. The van der Waals surface area contributed by atoms with Crippen molar-refractivity contribution in [1.82, 2.24) is 4.90 Å². The summed E-state index contributed by atoms with van der Waals surface area (Å²) < 4.78 is 6.52. The minimum atomic E-state index is -1.62. The summed E-state index contributed by atoms with van der Waals surface area (Å²) in [6, 6.07) is 15.9. The summed E-state index contributed by atoms with van der Waals surface area (Å²) in [5.41, 5.74) is -0.911. The molecule has 2 aromatic carbocycles. The number of carbonyl (C=O) groups is 2. The molecule has 2 N–H and O–H groups in total. The second-order valence-corrected chi connectivity index (χ2v) is 9.54. The zero-order chi connectivity index (χ0) is 23.2. The number of nitrogens with zero attached hydrogens (tertiary/aromatic N) is 1. The van der Waals surface area contributed by atoms with E-state index in [1.165, 1.54) is 4.90 Å². The summed E-state index contributed by atoms with van der Waals surface area (Å²) in [5.74, 6) is -1.11. The molecule has 0 aliphatic heterocycles. The third-order valence-corrected chi connectivity index (χ3v) is 5.50. The summed E-state index contributed by atoms with van der Waals surface area (Å²) in [7, 11) is 0. The molecule has 0 fully saturated rings. The third kappa shape index (κ3) is 7.36. The fourth-order valence-corrected chi connectivity index (χ4v) is 3.59. The van der Waals surface area contributed by atoms with Crippen LogP contribution in [0.25, 0.3) is 0 Å². The highest BCUT2D eigenvalue weighted by molar-refractivity contribution is 9.10.